The first-order valence-corrected chi connectivity index (χ1v) is 6.88. The molecule has 0 unspecified atom stereocenters. The number of carbonyl (C=O) groups excluding carboxylic acids is 1. The van der Waals surface area contributed by atoms with Gasteiger partial charge in [-0.25, -0.2) is 0 Å². The minimum Gasteiger partial charge on any atom is -0.355 e. The standard InChI is InChI=1S/C14H11N3O2S/c18-14(16-10-3-1-5-15-9-10)8-11-7-12(19-17-11)13-4-2-6-20-13/h1-7,9H,8H2,(H,16,18). The van der Waals surface area contributed by atoms with Gasteiger partial charge in [0, 0.05) is 12.3 Å². The van der Waals surface area contributed by atoms with E-state index in [9.17, 15) is 4.79 Å². The highest BCUT2D eigenvalue weighted by molar-refractivity contribution is 7.13. The molecule has 0 bridgehead atoms. The van der Waals surface area contributed by atoms with Gasteiger partial charge in [-0.1, -0.05) is 11.2 Å². The van der Waals surface area contributed by atoms with Gasteiger partial charge < -0.3 is 9.84 Å². The second kappa shape index (κ2) is 5.66. The summed E-state index contributed by atoms with van der Waals surface area (Å²) in [7, 11) is 0. The van der Waals surface area contributed by atoms with Crippen molar-refractivity contribution in [1.29, 1.82) is 0 Å². The number of carbonyl (C=O) groups is 1. The van der Waals surface area contributed by atoms with E-state index in [1.165, 1.54) is 0 Å². The van der Waals surface area contributed by atoms with E-state index < -0.39 is 0 Å². The highest BCUT2D eigenvalue weighted by Gasteiger charge is 2.11. The molecule has 0 radical (unpaired) electrons. The lowest BCUT2D eigenvalue weighted by molar-refractivity contribution is -0.115. The van der Waals surface area contributed by atoms with Gasteiger partial charge in [-0.2, -0.15) is 0 Å². The van der Waals surface area contributed by atoms with E-state index in [1.807, 2.05) is 17.5 Å². The van der Waals surface area contributed by atoms with Crippen LogP contribution in [0.15, 0.2) is 52.6 Å². The van der Waals surface area contributed by atoms with Crippen molar-refractivity contribution in [3.8, 4) is 10.6 Å². The lowest BCUT2D eigenvalue weighted by Crippen LogP contribution is -2.14. The molecule has 0 aliphatic rings. The van der Waals surface area contributed by atoms with Crippen LogP contribution in [0, 0.1) is 0 Å². The summed E-state index contributed by atoms with van der Waals surface area (Å²) in [6.45, 7) is 0. The molecule has 3 heterocycles. The Labute approximate surface area is 119 Å². The third-order valence-electron chi connectivity index (χ3n) is 2.61. The van der Waals surface area contributed by atoms with E-state index in [0.717, 1.165) is 4.88 Å². The Morgan fingerprint density at radius 1 is 1.35 bits per heavy atom. The van der Waals surface area contributed by atoms with E-state index in [2.05, 4.69) is 15.5 Å². The summed E-state index contributed by atoms with van der Waals surface area (Å²) in [6.07, 6.45) is 3.42. The molecule has 0 fully saturated rings. The number of pyridine rings is 1. The predicted molar refractivity (Wildman–Crippen MR) is 76.4 cm³/mol. The zero-order valence-corrected chi connectivity index (χ0v) is 11.3. The van der Waals surface area contributed by atoms with Crippen molar-refractivity contribution in [3.63, 3.8) is 0 Å². The number of hydrogen-bond acceptors (Lipinski definition) is 5. The number of hydrogen-bond donors (Lipinski definition) is 1. The molecule has 0 aliphatic carbocycles. The van der Waals surface area contributed by atoms with E-state index in [4.69, 9.17) is 4.52 Å². The van der Waals surface area contributed by atoms with Gasteiger partial charge in [0.05, 0.1) is 28.9 Å². The summed E-state index contributed by atoms with van der Waals surface area (Å²) >= 11 is 1.57. The second-order valence-electron chi connectivity index (χ2n) is 4.13. The normalized spacial score (nSPS) is 10.4. The van der Waals surface area contributed by atoms with Gasteiger partial charge in [-0.3, -0.25) is 9.78 Å². The highest BCUT2D eigenvalue weighted by Crippen LogP contribution is 2.25. The smallest absolute Gasteiger partial charge is 0.230 e. The van der Waals surface area contributed by atoms with Crippen molar-refractivity contribution in [3.05, 3.63) is 53.8 Å². The Bertz CT molecular complexity index is 692. The first-order chi connectivity index (χ1) is 9.81. The molecule has 0 saturated heterocycles. The summed E-state index contributed by atoms with van der Waals surface area (Å²) in [5.74, 6) is 0.535. The van der Waals surface area contributed by atoms with Gasteiger partial charge >= 0.3 is 0 Å². The summed E-state index contributed by atoms with van der Waals surface area (Å²) in [5, 5.41) is 8.63. The maximum atomic E-state index is 11.9. The molecule has 5 nitrogen and oxygen atoms in total. The Kier molecular flexibility index (Phi) is 3.56. The minimum atomic E-state index is -0.149. The Balaban J connectivity index is 1.65. The number of anilines is 1. The molecular formula is C14H11N3O2S. The average molecular weight is 285 g/mol. The summed E-state index contributed by atoms with van der Waals surface area (Å²) < 4.78 is 5.23. The average Bonchev–Trinajstić information content (AvgIpc) is 3.10. The molecule has 1 amide bonds. The largest absolute Gasteiger partial charge is 0.355 e. The van der Waals surface area contributed by atoms with Gasteiger partial charge in [0.25, 0.3) is 0 Å². The van der Waals surface area contributed by atoms with Crippen LogP contribution in [0.2, 0.25) is 0 Å². The molecule has 0 atom stereocenters. The molecule has 0 spiro atoms. The molecular weight excluding hydrogens is 274 g/mol. The van der Waals surface area contributed by atoms with Crippen LogP contribution in [0.5, 0.6) is 0 Å². The van der Waals surface area contributed by atoms with E-state index in [0.29, 0.717) is 17.1 Å². The van der Waals surface area contributed by atoms with Crippen molar-refractivity contribution in [2.75, 3.05) is 5.32 Å². The van der Waals surface area contributed by atoms with Gasteiger partial charge in [0.1, 0.15) is 0 Å². The van der Waals surface area contributed by atoms with Crippen LogP contribution in [-0.2, 0) is 11.2 Å². The summed E-state index contributed by atoms with van der Waals surface area (Å²) in [4.78, 5) is 16.8. The van der Waals surface area contributed by atoms with Crippen molar-refractivity contribution >= 4 is 22.9 Å². The monoisotopic (exact) mass is 285 g/mol. The third-order valence-corrected chi connectivity index (χ3v) is 3.49. The lowest BCUT2D eigenvalue weighted by Gasteiger charge is -2.01. The number of amides is 1. The fourth-order valence-electron chi connectivity index (χ4n) is 1.74. The maximum absolute atomic E-state index is 11.9. The minimum absolute atomic E-state index is 0.149. The predicted octanol–water partition coefficient (Wildman–Crippen LogP) is 2.98. The molecule has 3 aromatic heterocycles. The summed E-state index contributed by atoms with van der Waals surface area (Å²) in [5.41, 5.74) is 1.27. The molecule has 0 aromatic carbocycles. The highest BCUT2D eigenvalue weighted by atomic mass is 32.1. The van der Waals surface area contributed by atoms with Crippen LogP contribution in [0.25, 0.3) is 10.6 Å². The van der Waals surface area contributed by atoms with E-state index in [-0.39, 0.29) is 12.3 Å². The van der Waals surface area contributed by atoms with Crippen LogP contribution in [-0.4, -0.2) is 16.0 Å². The Morgan fingerprint density at radius 3 is 3.05 bits per heavy atom. The number of nitrogens with zero attached hydrogens (tertiary/aromatic N) is 2. The van der Waals surface area contributed by atoms with Gasteiger partial charge in [0.2, 0.25) is 5.91 Å². The van der Waals surface area contributed by atoms with Crippen molar-refractivity contribution in [2.45, 2.75) is 6.42 Å². The first kappa shape index (κ1) is 12.6. The number of thiophene rings is 1. The fraction of sp³-hybridized carbons (Fsp3) is 0.0714. The molecule has 3 rings (SSSR count). The molecule has 100 valence electrons. The number of aromatic nitrogens is 2. The first-order valence-electron chi connectivity index (χ1n) is 6.00. The lowest BCUT2D eigenvalue weighted by atomic mass is 10.2. The van der Waals surface area contributed by atoms with Crippen LogP contribution in [0.1, 0.15) is 5.69 Å². The topological polar surface area (TPSA) is 68.0 Å². The van der Waals surface area contributed by atoms with Crippen LogP contribution < -0.4 is 5.32 Å². The third kappa shape index (κ3) is 2.92. The van der Waals surface area contributed by atoms with Gasteiger partial charge in [-0.15, -0.1) is 11.3 Å². The van der Waals surface area contributed by atoms with Crippen molar-refractivity contribution < 1.29 is 9.32 Å². The van der Waals surface area contributed by atoms with E-state index >= 15 is 0 Å². The van der Waals surface area contributed by atoms with Crippen molar-refractivity contribution in [1.82, 2.24) is 10.1 Å². The molecule has 0 aliphatic heterocycles. The Hall–Kier alpha value is -2.47. The quantitative estimate of drug-likeness (QED) is 0.800. The van der Waals surface area contributed by atoms with Crippen LogP contribution in [0.3, 0.4) is 0 Å². The SMILES string of the molecule is O=C(Cc1cc(-c2cccs2)on1)Nc1cccnc1. The number of nitrogens with one attached hydrogen (secondary N) is 1. The zero-order chi connectivity index (χ0) is 13.8. The van der Waals surface area contributed by atoms with Crippen LogP contribution >= 0.6 is 11.3 Å². The summed E-state index contributed by atoms with van der Waals surface area (Å²) in [6, 6.07) is 9.22. The Morgan fingerprint density at radius 2 is 2.30 bits per heavy atom. The molecule has 1 N–H and O–H groups in total. The fourth-order valence-corrected chi connectivity index (χ4v) is 2.41. The van der Waals surface area contributed by atoms with Crippen molar-refractivity contribution in [2.24, 2.45) is 0 Å². The van der Waals surface area contributed by atoms with Gasteiger partial charge in [-0.05, 0) is 23.6 Å². The molecule has 6 heteroatoms. The number of rotatable bonds is 4. The van der Waals surface area contributed by atoms with E-state index in [1.54, 1.807) is 41.9 Å². The maximum Gasteiger partial charge on any atom is 0.230 e. The van der Waals surface area contributed by atoms with Crippen LogP contribution in [0.4, 0.5) is 5.69 Å². The second-order valence-corrected chi connectivity index (χ2v) is 5.07. The van der Waals surface area contributed by atoms with Gasteiger partial charge in [0.15, 0.2) is 5.76 Å². The molecule has 0 saturated carbocycles. The molecule has 20 heavy (non-hydrogen) atoms. The zero-order valence-electron chi connectivity index (χ0n) is 10.4. The molecule has 3 aromatic rings.